The molecule has 3 aliphatic rings. The summed E-state index contributed by atoms with van der Waals surface area (Å²) in [5.74, 6) is -5.11. The smallest absolute Gasteiger partial charge is 0.409 e. The maximum absolute atomic E-state index is 15.2. The van der Waals surface area contributed by atoms with Crippen molar-refractivity contribution >= 4 is 22.0 Å². The van der Waals surface area contributed by atoms with E-state index in [4.69, 9.17) is 23.8 Å². The van der Waals surface area contributed by atoms with Gasteiger partial charge in [-0.25, -0.2) is 36.7 Å². The number of amides is 2. The number of hydroxylamine groups is 1. The zero-order valence-corrected chi connectivity index (χ0v) is 24.6. The largest absolute Gasteiger partial charge is 0.451 e. The number of hydrogen-bond donors (Lipinski definition) is 1. The van der Waals surface area contributed by atoms with Crippen LogP contribution in [0.4, 0.5) is 18.0 Å². The number of carbonyl (C=O) groups is 2. The van der Waals surface area contributed by atoms with E-state index in [0.717, 1.165) is 41.4 Å². The van der Waals surface area contributed by atoms with Gasteiger partial charge in [0.25, 0.3) is 5.91 Å². The molecule has 2 aromatic rings. The fourth-order valence-electron chi connectivity index (χ4n) is 5.62. The Labute approximate surface area is 251 Å². The highest BCUT2D eigenvalue weighted by Gasteiger charge is 2.62. The van der Waals surface area contributed by atoms with Crippen molar-refractivity contribution < 1.29 is 55.0 Å². The molecule has 0 aliphatic carbocycles. The number of ether oxygens (including phenoxy) is 4. The van der Waals surface area contributed by atoms with Gasteiger partial charge in [-0.15, -0.1) is 0 Å². The van der Waals surface area contributed by atoms with Crippen molar-refractivity contribution in [2.24, 2.45) is 0 Å². The topological polar surface area (TPSA) is 133 Å². The standard InChI is InChI=1S/C28H32F3N3O9S/c1-39-12-13-41-27(36)33-16-19-9-10-28(17-33,26(35)32-43-24-4-2-3-11-40-24)34(19)44(37,38)21-14-22(30)25(23(31)15-21)42-20-7-5-18(29)6-8-20/h5-8,14-15,19,24H,2-4,9-13,16-17H2,1H3,(H,32,35). The number of likely N-dealkylation sites (tertiary alicyclic amines) is 1. The molecular formula is C28H32F3N3O9S. The summed E-state index contributed by atoms with van der Waals surface area (Å²) in [6.07, 6.45) is 0.739. The lowest BCUT2D eigenvalue weighted by molar-refractivity contribution is -0.204. The second-order valence-electron chi connectivity index (χ2n) is 10.6. The van der Waals surface area contributed by atoms with Gasteiger partial charge in [0.1, 0.15) is 23.7 Å². The molecule has 12 nitrogen and oxygen atoms in total. The number of rotatable bonds is 10. The second kappa shape index (κ2) is 13.3. The third-order valence-corrected chi connectivity index (χ3v) is 9.70. The van der Waals surface area contributed by atoms with Crippen LogP contribution in [0, 0.1) is 17.5 Å². The molecule has 2 amide bonds. The lowest BCUT2D eigenvalue weighted by Gasteiger charge is -2.46. The predicted octanol–water partition coefficient (Wildman–Crippen LogP) is 3.46. The summed E-state index contributed by atoms with van der Waals surface area (Å²) in [4.78, 5) is 32.5. The summed E-state index contributed by atoms with van der Waals surface area (Å²) in [5.41, 5.74) is 0.409. The SMILES string of the molecule is COCCOC(=O)N1CC2CCC(C(=O)NOC3CCCCO3)(C1)N2S(=O)(=O)c1cc(F)c(Oc2ccc(F)cc2)c(F)c1. The Kier molecular flexibility index (Phi) is 9.65. The van der Waals surface area contributed by atoms with Gasteiger partial charge < -0.3 is 23.8 Å². The molecular weight excluding hydrogens is 611 g/mol. The number of piperazine rings is 1. The fraction of sp³-hybridized carbons (Fsp3) is 0.500. The van der Waals surface area contributed by atoms with E-state index in [9.17, 15) is 22.4 Å². The van der Waals surface area contributed by atoms with E-state index in [1.54, 1.807) is 0 Å². The van der Waals surface area contributed by atoms with Gasteiger partial charge in [0.05, 0.1) is 18.0 Å². The Balaban J connectivity index is 1.44. The Morgan fingerprint density at radius 1 is 1.07 bits per heavy atom. The Morgan fingerprint density at radius 3 is 2.45 bits per heavy atom. The normalized spacial score (nSPS) is 23.8. The van der Waals surface area contributed by atoms with Crippen molar-refractivity contribution in [1.82, 2.24) is 14.7 Å². The summed E-state index contributed by atoms with van der Waals surface area (Å²) in [5, 5.41) is 0. The second-order valence-corrected chi connectivity index (χ2v) is 12.4. The average molecular weight is 644 g/mol. The highest BCUT2D eigenvalue weighted by molar-refractivity contribution is 7.89. The van der Waals surface area contributed by atoms with Gasteiger partial charge in [-0.2, -0.15) is 4.31 Å². The van der Waals surface area contributed by atoms with Crippen molar-refractivity contribution in [2.45, 2.75) is 54.9 Å². The van der Waals surface area contributed by atoms with Gasteiger partial charge in [-0.1, -0.05) is 0 Å². The van der Waals surface area contributed by atoms with Crippen LogP contribution in [0.1, 0.15) is 32.1 Å². The zero-order valence-electron chi connectivity index (χ0n) is 23.8. The summed E-state index contributed by atoms with van der Waals surface area (Å²) in [6, 6.07) is 4.60. The van der Waals surface area contributed by atoms with Crippen molar-refractivity contribution in [2.75, 3.05) is 40.0 Å². The number of sulfonamides is 1. The number of fused-ring (bicyclic) bond motifs is 2. The number of benzene rings is 2. The first-order valence-electron chi connectivity index (χ1n) is 14.0. The van der Waals surface area contributed by atoms with Crippen LogP contribution in [0.25, 0.3) is 0 Å². The third-order valence-electron chi connectivity index (χ3n) is 7.71. The molecule has 3 unspecified atom stereocenters. The van der Waals surface area contributed by atoms with Crippen LogP contribution in [0.3, 0.4) is 0 Å². The summed E-state index contributed by atoms with van der Waals surface area (Å²) in [6.45, 7) is -0.0597. The first kappa shape index (κ1) is 32.0. The molecule has 3 fully saturated rings. The predicted molar refractivity (Wildman–Crippen MR) is 145 cm³/mol. The molecule has 2 bridgehead atoms. The molecule has 0 radical (unpaired) electrons. The van der Waals surface area contributed by atoms with Crippen LogP contribution in [0.15, 0.2) is 41.3 Å². The number of nitrogens with one attached hydrogen (secondary N) is 1. The van der Waals surface area contributed by atoms with Crippen molar-refractivity contribution in [3.8, 4) is 11.5 Å². The molecule has 3 heterocycles. The lowest BCUT2D eigenvalue weighted by atomic mass is 9.96. The molecule has 3 saturated heterocycles. The van der Waals surface area contributed by atoms with Gasteiger partial charge in [0.2, 0.25) is 10.0 Å². The van der Waals surface area contributed by atoms with E-state index in [-0.39, 0.29) is 38.3 Å². The Bertz CT molecular complexity index is 1450. The molecule has 44 heavy (non-hydrogen) atoms. The van der Waals surface area contributed by atoms with Crippen LogP contribution >= 0.6 is 0 Å². The number of hydrogen-bond acceptors (Lipinski definition) is 9. The number of methoxy groups -OCH3 is 1. The van der Waals surface area contributed by atoms with Crippen molar-refractivity contribution in [3.05, 3.63) is 53.8 Å². The summed E-state index contributed by atoms with van der Waals surface area (Å²) < 4.78 is 93.4. The van der Waals surface area contributed by atoms with E-state index in [1.165, 1.54) is 12.0 Å². The molecule has 3 aliphatic heterocycles. The monoisotopic (exact) mass is 643 g/mol. The van der Waals surface area contributed by atoms with Gasteiger partial charge in [-0.05, 0) is 62.1 Å². The van der Waals surface area contributed by atoms with Gasteiger partial charge in [-0.3, -0.25) is 4.79 Å². The molecule has 3 atom stereocenters. The van der Waals surface area contributed by atoms with E-state index >= 15 is 8.78 Å². The molecule has 240 valence electrons. The van der Waals surface area contributed by atoms with Gasteiger partial charge in [0, 0.05) is 32.7 Å². The van der Waals surface area contributed by atoms with Crippen LogP contribution < -0.4 is 10.2 Å². The molecule has 16 heteroatoms. The molecule has 0 saturated carbocycles. The Hall–Kier alpha value is -3.44. The summed E-state index contributed by atoms with van der Waals surface area (Å²) in [7, 11) is -3.32. The minimum atomic E-state index is -4.75. The molecule has 5 rings (SSSR count). The third kappa shape index (κ3) is 6.49. The van der Waals surface area contributed by atoms with Gasteiger partial charge in [0.15, 0.2) is 23.7 Å². The highest BCUT2D eigenvalue weighted by Crippen LogP contribution is 2.44. The average Bonchev–Trinajstić information content (AvgIpc) is 3.27. The first-order valence-corrected chi connectivity index (χ1v) is 15.4. The fourth-order valence-corrected chi connectivity index (χ4v) is 7.61. The van der Waals surface area contributed by atoms with Crippen molar-refractivity contribution in [1.29, 1.82) is 0 Å². The maximum Gasteiger partial charge on any atom is 0.409 e. The van der Waals surface area contributed by atoms with Crippen LogP contribution in [0.5, 0.6) is 11.5 Å². The van der Waals surface area contributed by atoms with E-state index in [0.29, 0.717) is 25.2 Å². The molecule has 2 aromatic carbocycles. The van der Waals surface area contributed by atoms with Gasteiger partial charge >= 0.3 is 6.09 Å². The van der Waals surface area contributed by atoms with E-state index in [1.807, 2.05) is 0 Å². The minimum absolute atomic E-state index is 0.0177. The van der Waals surface area contributed by atoms with Crippen LogP contribution in [0.2, 0.25) is 0 Å². The quantitative estimate of drug-likeness (QED) is 0.305. The molecule has 0 spiro atoms. The first-order chi connectivity index (χ1) is 21.0. The molecule has 1 N–H and O–H groups in total. The van der Waals surface area contributed by atoms with Crippen LogP contribution in [-0.2, 0) is 33.9 Å². The lowest BCUT2D eigenvalue weighted by Crippen LogP contribution is -2.69. The van der Waals surface area contributed by atoms with E-state index < -0.39 is 74.5 Å². The number of halogens is 3. The number of carbonyl (C=O) groups excluding carboxylic acids is 2. The summed E-state index contributed by atoms with van der Waals surface area (Å²) >= 11 is 0. The maximum atomic E-state index is 15.2. The zero-order chi connectivity index (χ0) is 31.5. The van der Waals surface area contributed by atoms with Crippen molar-refractivity contribution in [3.63, 3.8) is 0 Å². The minimum Gasteiger partial charge on any atom is -0.451 e. The Morgan fingerprint density at radius 2 is 1.80 bits per heavy atom. The van der Waals surface area contributed by atoms with Crippen LogP contribution in [-0.4, -0.2) is 87.5 Å². The molecule has 0 aromatic heterocycles. The highest BCUT2D eigenvalue weighted by atomic mass is 32.2. The number of nitrogens with zero attached hydrogens (tertiary/aromatic N) is 2. The van der Waals surface area contributed by atoms with E-state index in [2.05, 4.69) is 5.48 Å².